The number of fused-ring (bicyclic) bond motifs is 1. The van der Waals surface area contributed by atoms with Gasteiger partial charge in [0.25, 0.3) is 0 Å². The van der Waals surface area contributed by atoms with Gasteiger partial charge in [0.1, 0.15) is 11.9 Å². The van der Waals surface area contributed by atoms with E-state index in [0.717, 1.165) is 16.8 Å². The molecule has 114 valence electrons. The second-order valence-corrected chi connectivity index (χ2v) is 5.59. The van der Waals surface area contributed by atoms with Gasteiger partial charge in [-0.2, -0.15) is 4.68 Å². The molecule has 2 heterocycles. The zero-order chi connectivity index (χ0) is 15.8. The molecule has 0 bridgehead atoms. The normalized spacial score (nSPS) is 16.4. The number of hydrogen-bond acceptors (Lipinski definition) is 4. The van der Waals surface area contributed by atoms with Crippen LogP contribution in [0, 0.1) is 5.82 Å². The Morgan fingerprint density at radius 1 is 1.04 bits per heavy atom. The van der Waals surface area contributed by atoms with E-state index < -0.39 is 0 Å². The van der Waals surface area contributed by atoms with Gasteiger partial charge in [-0.25, -0.2) is 4.39 Å². The minimum atomic E-state index is -0.274. The largest absolute Gasteiger partial charge is 0.323 e. The summed E-state index contributed by atoms with van der Waals surface area (Å²) in [5.74, 6) is 0.260. The molecule has 0 amide bonds. The lowest BCUT2D eigenvalue weighted by molar-refractivity contribution is 0.586. The van der Waals surface area contributed by atoms with E-state index in [-0.39, 0.29) is 11.9 Å². The Morgan fingerprint density at radius 2 is 1.78 bits per heavy atom. The zero-order valence-corrected chi connectivity index (χ0v) is 12.6. The van der Waals surface area contributed by atoms with Crippen LogP contribution < -0.4 is 5.32 Å². The summed E-state index contributed by atoms with van der Waals surface area (Å²) in [5, 5.41) is 15.6. The van der Waals surface area contributed by atoms with E-state index in [9.17, 15) is 4.39 Å². The van der Waals surface area contributed by atoms with Gasteiger partial charge in [-0.05, 0) is 64.0 Å². The molecule has 0 radical (unpaired) electrons. The number of benzene rings is 2. The summed E-state index contributed by atoms with van der Waals surface area (Å²) in [6, 6.07) is 13.6. The van der Waals surface area contributed by atoms with Crippen molar-refractivity contribution in [1.82, 2.24) is 20.2 Å². The Bertz CT molecular complexity index is 870. The molecule has 4 rings (SSSR count). The van der Waals surface area contributed by atoms with Gasteiger partial charge in [-0.1, -0.05) is 28.8 Å². The number of anilines is 1. The van der Waals surface area contributed by atoms with E-state index in [1.165, 1.54) is 12.1 Å². The van der Waals surface area contributed by atoms with Crippen molar-refractivity contribution in [3.63, 3.8) is 0 Å². The van der Waals surface area contributed by atoms with Crippen LogP contribution >= 0.6 is 11.6 Å². The minimum absolute atomic E-state index is 0.168. The molecule has 1 atom stereocenters. The molecule has 1 aromatic heterocycles. The van der Waals surface area contributed by atoms with Crippen LogP contribution in [0.5, 0.6) is 0 Å². The quantitative estimate of drug-likeness (QED) is 0.782. The predicted molar refractivity (Wildman–Crippen MR) is 85.4 cm³/mol. The summed E-state index contributed by atoms with van der Waals surface area (Å²) in [4.78, 5) is 0. The second kappa shape index (κ2) is 5.48. The topological polar surface area (TPSA) is 55.6 Å². The highest BCUT2D eigenvalue weighted by atomic mass is 35.5. The van der Waals surface area contributed by atoms with E-state index in [4.69, 9.17) is 11.6 Å². The Kier molecular flexibility index (Phi) is 3.31. The highest BCUT2D eigenvalue weighted by Crippen LogP contribution is 2.31. The molecule has 0 spiro atoms. The fourth-order valence-corrected chi connectivity index (χ4v) is 2.68. The first kappa shape index (κ1) is 13.9. The molecule has 5 nitrogen and oxygen atoms in total. The lowest BCUT2D eigenvalue weighted by Crippen LogP contribution is -2.20. The van der Waals surface area contributed by atoms with Gasteiger partial charge in [0.2, 0.25) is 5.95 Å². The predicted octanol–water partition coefficient (Wildman–Crippen LogP) is 3.52. The van der Waals surface area contributed by atoms with E-state index in [1.807, 2.05) is 30.3 Å². The summed E-state index contributed by atoms with van der Waals surface area (Å²) < 4.78 is 14.8. The van der Waals surface area contributed by atoms with Crippen LogP contribution in [0.25, 0.3) is 5.70 Å². The van der Waals surface area contributed by atoms with Crippen LogP contribution in [-0.2, 0) is 0 Å². The monoisotopic (exact) mass is 327 g/mol. The third-order valence-electron chi connectivity index (χ3n) is 3.69. The van der Waals surface area contributed by atoms with Crippen molar-refractivity contribution >= 4 is 23.2 Å². The van der Waals surface area contributed by atoms with Crippen LogP contribution in [0.3, 0.4) is 0 Å². The van der Waals surface area contributed by atoms with Crippen LogP contribution in [0.15, 0.2) is 54.6 Å². The molecular formula is C16H11ClFN5. The number of aromatic nitrogens is 4. The first-order valence-electron chi connectivity index (χ1n) is 6.99. The molecule has 0 fully saturated rings. The second-order valence-electron chi connectivity index (χ2n) is 5.16. The highest BCUT2D eigenvalue weighted by Gasteiger charge is 2.24. The van der Waals surface area contributed by atoms with Gasteiger partial charge >= 0.3 is 0 Å². The van der Waals surface area contributed by atoms with Gasteiger partial charge in [-0.15, -0.1) is 0 Å². The molecule has 3 aromatic rings. The fraction of sp³-hybridized carbons (Fsp3) is 0.0625. The van der Waals surface area contributed by atoms with Crippen LogP contribution in [-0.4, -0.2) is 20.2 Å². The van der Waals surface area contributed by atoms with Crippen molar-refractivity contribution in [2.75, 3.05) is 5.32 Å². The van der Waals surface area contributed by atoms with Gasteiger partial charge < -0.3 is 5.32 Å². The van der Waals surface area contributed by atoms with Gasteiger partial charge in [0.15, 0.2) is 0 Å². The van der Waals surface area contributed by atoms with Crippen LogP contribution in [0.2, 0.25) is 5.02 Å². The summed E-state index contributed by atoms with van der Waals surface area (Å²) in [7, 11) is 0. The Hall–Kier alpha value is -2.73. The molecule has 1 aliphatic heterocycles. The lowest BCUT2D eigenvalue weighted by atomic mass is 10.0. The maximum atomic E-state index is 13.1. The average Bonchev–Trinajstić information content (AvgIpc) is 3.04. The van der Waals surface area contributed by atoms with Crippen molar-refractivity contribution in [1.29, 1.82) is 0 Å². The number of nitrogens with one attached hydrogen (secondary N) is 1. The first-order chi connectivity index (χ1) is 11.2. The highest BCUT2D eigenvalue weighted by molar-refractivity contribution is 6.30. The van der Waals surface area contributed by atoms with Crippen molar-refractivity contribution in [3.05, 3.63) is 76.6 Å². The van der Waals surface area contributed by atoms with E-state index in [2.05, 4.69) is 20.8 Å². The van der Waals surface area contributed by atoms with Crippen molar-refractivity contribution in [2.24, 2.45) is 0 Å². The average molecular weight is 328 g/mol. The Morgan fingerprint density at radius 3 is 2.52 bits per heavy atom. The maximum Gasteiger partial charge on any atom is 0.248 e. The van der Waals surface area contributed by atoms with Crippen molar-refractivity contribution < 1.29 is 4.39 Å². The Labute approximate surface area is 136 Å². The molecule has 2 aromatic carbocycles. The number of tetrazole rings is 1. The van der Waals surface area contributed by atoms with Crippen molar-refractivity contribution in [3.8, 4) is 0 Å². The zero-order valence-electron chi connectivity index (χ0n) is 11.8. The lowest BCUT2D eigenvalue weighted by Gasteiger charge is -2.23. The maximum absolute atomic E-state index is 13.1. The first-order valence-corrected chi connectivity index (χ1v) is 7.36. The van der Waals surface area contributed by atoms with Crippen LogP contribution in [0.1, 0.15) is 17.2 Å². The molecule has 23 heavy (non-hydrogen) atoms. The van der Waals surface area contributed by atoms with Crippen molar-refractivity contribution in [2.45, 2.75) is 6.04 Å². The number of hydrogen-bond donors (Lipinski definition) is 1. The van der Waals surface area contributed by atoms with Gasteiger partial charge in [0, 0.05) is 10.7 Å². The number of rotatable bonds is 2. The van der Waals surface area contributed by atoms with Crippen LogP contribution in [0.4, 0.5) is 10.3 Å². The number of nitrogens with zero attached hydrogens (tertiary/aromatic N) is 4. The number of halogens is 2. The number of allylic oxidation sites excluding steroid dienone is 1. The fourth-order valence-electron chi connectivity index (χ4n) is 2.55. The smallest absolute Gasteiger partial charge is 0.248 e. The summed E-state index contributed by atoms with van der Waals surface area (Å²) in [5.41, 5.74) is 2.69. The molecule has 7 heteroatoms. The molecule has 1 unspecified atom stereocenters. The molecule has 0 saturated carbocycles. The van der Waals surface area contributed by atoms with E-state index in [0.29, 0.717) is 11.0 Å². The molecule has 1 aliphatic rings. The molecule has 0 saturated heterocycles. The van der Waals surface area contributed by atoms with E-state index in [1.54, 1.807) is 16.8 Å². The Balaban J connectivity index is 1.79. The summed E-state index contributed by atoms with van der Waals surface area (Å²) in [6.45, 7) is 0. The van der Waals surface area contributed by atoms with Gasteiger partial charge in [-0.3, -0.25) is 0 Å². The molecular weight excluding hydrogens is 317 g/mol. The van der Waals surface area contributed by atoms with Gasteiger partial charge in [0.05, 0.1) is 0 Å². The summed E-state index contributed by atoms with van der Waals surface area (Å²) in [6.07, 6.45) is 2.00. The third-order valence-corrected chi connectivity index (χ3v) is 3.95. The third kappa shape index (κ3) is 2.57. The SMILES string of the molecule is Fc1ccc(C2=CC(c3ccc(Cl)cc3)n3nnnc3N2)cc1. The molecule has 1 N–H and O–H groups in total. The van der Waals surface area contributed by atoms with E-state index >= 15 is 0 Å². The summed E-state index contributed by atoms with van der Waals surface area (Å²) >= 11 is 5.96. The standard InChI is InChI=1S/C16H11ClFN5/c17-12-5-1-11(2-6-12)15-9-14(10-3-7-13(18)8-4-10)19-16-20-21-22-23(15)16/h1-9,15H,(H,19,20,22). The minimum Gasteiger partial charge on any atom is -0.323 e. The molecule has 0 aliphatic carbocycles.